The van der Waals surface area contributed by atoms with Gasteiger partial charge in [0.15, 0.2) is 0 Å². The standard InChI is InChI=1S/C19H17N3O3S2/c1-10-3-5-13-14(7-10)19(26)27-18(15(13)9-20)21-17(23)12-4-6-16(22(24)25)11(2)8-12/h4,6,8,10H,3,5,7H2,1-2H3,(H,21,23). The lowest BCUT2D eigenvalue weighted by Gasteiger charge is -2.23. The van der Waals surface area contributed by atoms with E-state index in [0.717, 1.165) is 30.4 Å². The summed E-state index contributed by atoms with van der Waals surface area (Å²) in [5, 5.41) is 23.8. The van der Waals surface area contributed by atoms with Gasteiger partial charge in [-0.15, -0.1) is 11.3 Å². The zero-order valence-corrected chi connectivity index (χ0v) is 16.5. The third-order valence-electron chi connectivity index (χ3n) is 4.77. The predicted molar refractivity (Wildman–Crippen MR) is 107 cm³/mol. The molecule has 0 aliphatic heterocycles. The molecule has 1 amide bonds. The Bertz CT molecular complexity index is 1050. The van der Waals surface area contributed by atoms with Crippen molar-refractivity contribution in [3.05, 3.63) is 60.0 Å². The molecule has 1 aliphatic rings. The minimum atomic E-state index is -0.485. The molecule has 0 fully saturated rings. The maximum atomic E-state index is 12.6. The molecule has 1 aromatic heterocycles. The minimum Gasteiger partial charge on any atom is -0.312 e. The number of hydrogen-bond acceptors (Lipinski definition) is 6. The molecule has 1 aliphatic carbocycles. The molecule has 27 heavy (non-hydrogen) atoms. The van der Waals surface area contributed by atoms with E-state index in [4.69, 9.17) is 12.2 Å². The second-order valence-electron chi connectivity index (χ2n) is 6.72. The van der Waals surface area contributed by atoms with E-state index in [0.29, 0.717) is 31.4 Å². The lowest BCUT2D eigenvalue weighted by molar-refractivity contribution is -0.385. The maximum absolute atomic E-state index is 12.6. The average molecular weight is 399 g/mol. The summed E-state index contributed by atoms with van der Waals surface area (Å²) < 4.78 is 0.700. The third-order valence-corrected chi connectivity index (χ3v) is 6.21. The Hall–Kier alpha value is -2.63. The number of benzene rings is 1. The van der Waals surface area contributed by atoms with Gasteiger partial charge in [0.2, 0.25) is 0 Å². The molecule has 3 rings (SSSR count). The van der Waals surface area contributed by atoms with Gasteiger partial charge in [-0.3, -0.25) is 14.9 Å². The monoisotopic (exact) mass is 399 g/mol. The van der Waals surface area contributed by atoms with Crippen molar-refractivity contribution in [2.45, 2.75) is 33.1 Å². The summed E-state index contributed by atoms with van der Waals surface area (Å²) >= 11 is 6.74. The fraction of sp³-hybridized carbons (Fsp3) is 0.316. The van der Waals surface area contributed by atoms with Crippen molar-refractivity contribution < 1.29 is 9.72 Å². The lowest BCUT2D eigenvalue weighted by Crippen LogP contribution is -2.17. The van der Waals surface area contributed by atoms with Crippen LogP contribution in [0.1, 0.15) is 46.0 Å². The number of nitrogens with zero attached hydrogens (tertiary/aromatic N) is 2. The molecule has 2 aromatic rings. The topological polar surface area (TPSA) is 96.0 Å². The second kappa shape index (κ2) is 7.55. The van der Waals surface area contributed by atoms with E-state index in [1.54, 1.807) is 6.92 Å². The smallest absolute Gasteiger partial charge is 0.272 e. The first-order valence-corrected chi connectivity index (χ1v) is 9.69. The first-order chi connectivity index (χ1) is 12.8. The molecule has 0 radical (unpaired) electrons. The summed E-state index contributed by atoms with van der Waals surface area (Å²) in [6.45, 7) is 3.75. The van der Waals surface area contributed by atoms with Gasteiger partial charge in [0.1, 0.15) is 11.1 Å². The highest BCUT2D eigenvalue weighted by Gasteiger charge is 2.24. The number of nitrogens with one attached hydrogen (secondary N) is 1. The van der Waals surface area contributed by atoms with Crippen LogP contribution in [0, 0.1) is 38.1 Å². The SMILES string of the molecule is Cc1cc(C(=O)Nc2sc(=S)c3c(c2C#N)CCC(C)C3)ccc1[N+](=O)[O-]. The Morgan fingerprint density at radius 1 is 1.44 bits per heavy atom. The van der Waals surface area contributed by atoms with E-state index in [9.17, 15) is 20.2 Å². The van der Waals surface area contributed by atoms with Gasteiger partial charge in [0, 0.05) is 17.2 Å². The molecule has 1 N–H and O–H groups in total. The summed E-state index contributed by atoms with van der Waals surface area (Å²) in [5.41, 5.74) is 3.13. The van der Waals surface area contributed by atoms with Crippen molar-refractivity contribution in [1.29, 1.82) is 5.26 Å². The van der Waals surface area contributed by atoms with Crippen molar-refractivity contribution in [3.63, 3.8) is 0 Å². The highest BCUT2D eigenvalue weighted by Crippen LogP contribution is 2.36. The molecule has 1 atom stereocenters. The number of carbonyl (C=O) groups excluding carboxylic acids is 1. The van der Waals surface area contributed by atoms with Gasteiger partial charge in [-0.05, 0) is 55.4 Å². The molecule has 0 bridgehead atoms. The minimum absolute atomic E-state index is 0.0391. The molecule has 8 heteroatoms. The number of hydrogen-bond donors (Lipinski definition) is 1. The van der Waals surface area contributed by atoms with Crippen LogP contribution in [0.2, 0.25) is 0 Å². The van der Waals surface area contributed by atoms with E-state index in [1.165, 1.54) is 29.5 Å². The van der Waals surface area contributed by atoms with Gasteiger partial charge < -0.3 is 5.32 Å². The fourth-order valence-electron chi connectivity index (χ4n) is 3.32. The Morgan fingerprint density at radius 2 is 2.19 bits per heavy atom. The summed E-state index contributed by atoms with van der Waals surface area (Å²) in [4.78, 5) is 23.1. The Kier molecular flexibility index (Phi) is 5.35. The van der Waals surface area contributed by atoms with Gasteiger partial charge in [0.05, 0.1) is 14.3 Å². The van der Waals surface area contributed by atoms with Crippen LogP contribution in [-0.2, 0) is 12.8 Å². The van der Waals surface area contributed by atoms with Crippen molar-refractivity contribution in [2.75, 3.05) is 5.32 Å². The number of amides is 1. The molecule has 1 aromatic carbocycles. The lowest BCUT2D eigenvalue weighted by atomic mass is 9.85. The zero-order valence-electron chi connectivity index (χ0n) is 14.9. The number of aryl methyl sites for hydroxylation is 1. The van der Waals surface area contributed by atoms with Crippen LogP contribution >= 0.6 is 23.6 Å². The highest BCUT2D eigenvalue weighted by molar-refractivity contribution is 7.73. The number of nitriles is 1. The fourth-order valence-corrected chi connectivity index (χ4v) is 4.71. The molecule has 138 valence electrons. The molecule has 1 unspecified atom stereocenters. The van der Waals surface area contributed by atoms with Crippen molar-refractivity contribution in [3.8, 4) is 6.07 Å². The number of fused-ring (bicyclic) bond motifs is 1. The van der Waals surface area contributed by atoms with Crippen molar-refractivity contribution >= 4 is 40.2 Å². The normalized spacial score (nSPS) is 15.5. The van der Waals surface area contributed by atoms with Crippen LogP contribution in [0.15, 0.2) is 18.2 Å². The van der Waals surface area contributed by atoms with Gasteiger partial charge in [-0.1, -0.05) is 19.1 Å². The van der Waals surface area contributed by atoms with Crippen LogP contribution in [0.3, 0.4) is 0 Å². The maximum Gasteiger partial charge on any atom is 0.272 e. The van der Waals surface area contributed by atoms with Gasteiger partial charge in [-0.2, -0.15) is 5.26 Å². The Labute approximate surface area is 165 Å². The van der Waals surface area contributed by atoms with Gasteiger partial charge in [-0.25, -0.2) is 0 Å². The average Bonchev–Trinajstić information content (AvgIpc) is 2.62. The van der Waals surface area contributed by atoms with E-state index in [2.05, 4.69) is 18.3 Å². The summed E-state index contributed by atoms with van der Waals surface area (Å²) in [6.07, 6.45) is 2.62. The summed E-state index contributed by atoms with van der Waals surface area (Å²) in [7, 11) is 0. The second-order valence-corrected chi connectivity index (χ2v) is 8.41. The van der Waals surface area contributed by atoms with E-state index in [1.807, 2.05) is 0 Å². The van der Waals surface area contributed by atoms with Crippen LogP contribution in [0.4, 0.5) is 10.7 Å². The van der Waals surface area contributed by atoms with E-state index < -0.39 is 10.8 Å². The molecule has 0 saturated heterocycles. The number of rotatable bonds is 3. The first-order valence-electron chi connectivity index (χ1n) is 8.47. The largest absolute Gasteiger partial charge is 0.312 e. The van der Waals surface area contributed by atoms with Gasteiger partial charge >= 0.3 is 0 Å². The van der Waals surface area contributed by atoms with E-state index >= 15 is 0 Å². The van der Waals surface area contributed by atoms with E-state index in [-0.39, 0.29) is 5.69 Å². The van der Waals surface area contributed by atoms with Crippen LogP contribution in [0.5, 0.6) is 0 Å². The van der Waals surface area contributed by atoms with Crippen molar-refractivity contribution in [2.24, 2.45) is 5.92 Å². The number of nitro benzene ring substituents is 1. The van der Waals surface area contributed by atoms with Gasteiger partial charge in [0.25, 0.3) is 11.6 Å². The molecule has 6 nitrogen and oxygen atoms in total. The van der Waals surface area contributed by atoms with Crippen LogP contribution in [0.25, 0.3) is 0 Å². The molecular formula is C19H17N3O3S2. The quantitative estimate of drug-likeness (QED) is 0.448. The number of nitro groups is 1. The molecule has 0 saturated carbocycles. The highest BCUT2D eigenvalue weighted by atomic mass is 32.1. The van der Waals surface area contributed by atoms with Crippen molar-refractivity contribution in [1.82, 2.24) is 0 Å². The van der Waals surface area contributed by atoms with Crippen LogP contribution in [-0.4, -0.2) is 10.8 Å². The number of carbonyl (C=O) groups is 1. The van der Waals surface area contributed by atoms with Crippen LogP contribution < -0.4 is 5.32 Å². The number of anilines is 1. The molecule has 0 spiro atoms. The molecular weight excluding hydrogens is 382 g/mol. The molecule has 1 heterocycles. The summed E-state index contributed by atoms with van der Waals surface area (Å²) in [5.74, 6) is 0.112. The predicted octanol–water partition coefficient (Wildman–Crippen LogP) is 4.94. The Balaban J connectivity index is 1.96. The first kappa shape index (κ1) is 19.1. The Morgan fingerprint density at radius 3 is 2.81 bits per heavy atom. The zero-order chi connectivity index (χ0) is 19.7. The summed E-state index contributed by atoms with van der Waals surface area (Å²) in [6, 6.07) is 6.41. The third kappa shape index (κ3) is 3.75.